The molecule has 0 aromatic carbocycles. The molecule has 6 nitrogen and oxygen atoms in total. The molecule has 2 aliphatic rings. The van der Waals surface area contributed by atoms with Gasteiger partial charge < -0.3 is 15.9 Å². The van der Waals surface area contributed by atoms with E-state index >= 15 is 0 Å². The first-order valence-corrected chi connectivity index (χ1v) is 8.07. The Labute approximate surface area is 125 Å². The number of fused-ring (bicyclic) bond motifs is 1. The Bertz CT molecular complexity index is 484. The van der Waals surface area contributed by atoms with Crippen molar-refractivity contribution in [1.29, 1.82) is 0 Å². The molecule has 1 saturated heterocycles. The third-order valence-electron chi connectivity index (χ3n) is 3.04. The van der Waals surface area contributed by atoms with E-state index in [0.717, 1.165) is 0 Å². The first kappa shape index (κ1) is 15.7. The standard InChI is InChI=1S/C12H18N2O4S2/c1-5(15)6-8(16)14-7(10(17)18)11(20-9(6)14)19-4-12(2,3)13/h5-6,9,15H,4,13H2,1-3H3,(H,17,18)/t5?,6?,9-/m1/s1. The number of amides is 1. The number of aliphatic hydroxyl groups excluding tert-OH is 1. The topological polar surface area (TPSA) is 104 Å². The molecule has 2 aliphatic heterocycles. The molecule has 112 valence electrons. The normalized spacial score (nSPS) is 27.4. The Morgan fingerprint density at radius 3 is 2.65 bits per heavy atom. The van der Waals surface area contributed by atoms with Crippen molar-refractivity contribution in [2.24, 2.45) is 11.7 Å². The Hall–Kier alpha value is -0.700. The van der Waals surface area contributed by atoms with Crippen LogP contribution in [0.5, 0.6) is 0 Å². The van der Waals surface area contributed by atoms with Gasteiger partial charge in [-0.05, 0) is 20.8 Å². The molecule has 0 saturated carbocycles. The minimum atomic E-state index is -1.12. The molecule has 0 bridgehead atoms. The van der Waals surface area contributed by atoms with Crippen LogP contribution in [0.25, 0.3) is 0 Å². The first-order chi connectivity index (χ1) is 9.13. The molecular weight excluding hydrogens is 300 g/mol. The molecule has 0 radical (unpaired) electrons. The van der Waals surface area contributed by atoms with Crippen LogP contribution < -0.4 is 5.73 Å². The number of hydrogen-bond acceptors (Lipinski definition) is 6. The van der Waals surface area contributed by atoms with Crippen molar-refractivity contribution in [2.75, 3.05) is 5.75 Å². The zero-order chi connectivity index (χ0) is 15.2. The van der Waals surface area contributed by atoms with Crippen LogP contribution in [0.1, 0.15) is 20.8 Å². The lowest BCUT2D eigenvalue weighted by Crippen LogP contribution is -2.60. The maximum absolute atomic E-state index is 12.0. The van der Waals surface area contributed by atoms with Gasteiger partial charge >= 0.3 is 5.97 Å². The number of aliphatic carboxylic acids is 1. The van der Waals surface area contributed by atoms with Crippen molar-refractivity contribution in [2.45, 2.75) is 37.8 Å². The summed E-state index contributed by atoms with van der Waals surface area (Å²) < 4.78 is 0.595. The third-order valence-corrected chi connectivity index (χ3v) is 6.18. The van der Waals surface area contributed by atoms with Crippen LogP contribution in [0.2, 0.25) is 0 Å². The smallest absolute Gasteiger partial charge is 0.354 e. The fraction of sp³-hybridized carbons (Fsp3) is 0.667. The summed E-state index contributed by atoms with van der Waals surface area (Å²) >= 11 is 2.68. The van der Waals surface area contributed by atoms with Crippen LogP contribution >= 0.6 is 23.5 Å². The van der Waals surface area contributed by atoms with Crippen molar-refractivity contribution < 1.29 is 19.8 Å². The predicted octanol–water partition coefficient (Wildman–Crippen LogP) is 0.623. The average molecular weight is 318 g/mol. The quantitative estimate of drug-likeness (QED) is 0.638. The molecule has 3 atom stereocenters. The molecule has 2 heterocycles. The number of carbonyl (C=O) groups is 2. The molecule has 20 heavy (non-hydrogen) atoms. The van der Waals surface area contributed by atoms with Gasteiger partial charge in [0.25, 0.3) is 0 Å². The number of aliphatic hydroxyl groups is 1. The SMILES string of the molecule is CC(O)C1C(=O)N2C(C(=O)O)=C(SCC(C)(C)N)S[C@H]12. The molecule has 1 amide bonds. The second-order valence-electron chi connectivity index (χ2n) is 5.70. The molecule has 0 aromatic rings. The van der Waals surface area contributed by atoms with Crippen LogP contribution in [0.3, 0.4) is 0 Å². The molecule has 1 fully saturated rings. The molecule has 0 aliphatic carbocycles. The monoisotopic (exact) mass is 318 g/mol. The van der Waals surface area contributed by atoms with Crippen molar-refractivity contribution >= 4 is 35.4 Å². The lowest BCUT2D eigenvalue weighted by molar-refractivity contribution is -0.156. The van der Waals surface area contributed by atoms with Crippen molar-refractivity contribution in [3.8, 4) is 0 Å². The summed E-state index contributed by atoms with van der Waals surface area (Å²) in [5, 5.41) is 18.6. The largest absolute Gasteiger partial charge is 0.477 e. The number of rotatable bonds is 5. The number of carboxylic acid groups (broad SMARTS) is 1. The highest BCUT2D eigenvalue weighted by Crippen LogP contribution is 2.53. The third kappa shape index (κ3) is 2.69. The van der Waals surface area contributed by atoms with Gasteiger partial charge in [-0.3, -0.25) is 9.69 Å². The maximum Gasteiger partial charge on any atom is 0.354 e. The summed E-state index contributed by atoms with van der Waals surface area (Å²) in [4.78, 5) is 24.6. The van der Waals surface area contributed by atoms with E-state index in [1.807, 2.05) is 13.8 Å². The van der Waals surface area contributed by atoms with E-state index in [4.69, 9.17) is 5.73 Å². The van der Waals surface area contributed by atoms with Gasteiger partial charge in [0, 0.05) is 11.3 Å². The van der Waals surface area contributed by atoms with Crippen LogP contribution in [0.4, 0.5) is 0 Å². The van der Waals surface area contributed by atoms with Gasteiger partial charge in [-0.15, -0.1) is 11.8 Å². The highest BCUT2D eigenvalue weighted by molar-refractivity contribution is 8.22. The molecule has 2 unspecified atom stereocenters. The number of carbonyl (C=O) groups excluding carboxylic acids is 1. The number of β-lactam (4-membered cyclic amide) rings is 1. The molecule has 4 N–H and O–H groups in total. The minimum Gasteiger partial charge on any atom is -0.477 e. The second-order valence-corrected chi connectivity index (χ2v) is 8.07. The highest BCUT2D eigenvalue weighted by atomic mass is 32.2. The summed E-state index contributed by atoms with van der Waals surface area (Å²) in [5.41, 5.74) is 5.50. The second kappa shape index (κ2) is 5.25. The number of thioether (sulfide) groups is 2. The zero-order valence-corrected chi connectivity index (χ0v) is 13.1. The maximum atomic E-state index is 12.0. The number of hydrogen-bond donors (Lipinski definition) is 3. The molecule has 8 heteroatoms. The van der Waals surface area contributed by atoms with Gasteiger partial charge in [0.1, 0.15) is 5.37 Å². The van der Waals surface area contributed by atoms with Crippen LogP contribution in [-0.2, 0) is 9.59 Å². The fourth-order valence-electron chi connectivity index (χ4n) is 2.10. The Morgan fingerprint density at radius 1 is 1.60 bits per heavy atom. The van der Waals surface area contributed by atoms with E-state index < -0.39 is 23.5 Å². The molecular formula is C12H18N2O4S2. The lowest BCUT2D eigenvalue weighted by atomic mass is 9.92. The number of nitrogens with two attached hydrogens (primary N) is 1. The van der Waals surface area contributed by atoms with E-state index in [2.05, 4.69) is 0 Å². The zero-order valence-electron chi connectivity index (χ0n) is 11.5. The first-order valence-electron chi connectivity index (χ1n) is 6.20. The summed E-state index contributed by atoms with van der Waals surface area (Å²) in [6, 6.07) is 0. The Morgan fingerprint density at radius 2 is 2.20 bits per heavy atom. The van der Waals surface area contributed by atoms with Gasteiger partial charge in [-0.2, -0.15) is 0 Å². The van der Waals surface area contributed by atoms with Crippen LogP contribution in [-0.4, -0.2) is 49.8 Å². The average Bonchev–Trinajstić information content (AvgIpc) is 2.59. The number of nitrogens with zero attached hydrogens (tertiary/aromatic N) is 1. The van der Waals surface area contributed by atoms with Gasteiger partial charge in [-0.25, -0.2) is 4.79 Å². The number of carboxylic acids is 1. The van der Waals surface area contributed by atoms with E-state index in [0.29, 0.717) is 9.99 Å². The van der Waals surface area contributed by atoms with Crippen molar-refractivity contribution in [1.82, 2.24) is 4.90 Å². The molecule has 0 spiro atoms. The van der Waals surface area contributed by atoms with Crippen LogP contribution in [0, 0.1) is 5.92 Å². The molecule has 2 rings (SSSR count). The van der Waals surface area contributed by atoms with Gasteiger partial charge in [0.05, 0.1) is 16.3 Å². The van der Waals surface area contributed by atoms with E-state index in [1.54, 1.807) is 6.92 Å². The van der Waals surface area contributed by atoms with Crippen LogP contribution in [0.15, 0.2) is 9.93 Å². The summed E-state index contributed by atoms with van der Waals surface area (Å²) in [6.07, 6.45) is -0.776. The highest BCUT2D eigenvalue weighted by Gasteiger charge is 2.57. The predicted molar refractivity (Wildman–Crippen MR) is 78.8 cm³/mol. The lowest BCUT2D eigenvalue weighted by Gasteiger charge is -2.43. The van der Waals surface area contributed by atoms with E-state index in [1.165, 1.54) is 28.4 Å². The summed E-state index contributed by atoms with van der Waals surface area (Å²) in [7, 11) is 0. The van der Waals surface area contributed by atoms with Crippen molar-refractivity contribution in [3.05, 3.63) is 9.93 Å². The summed E-state index contributed by atoms with van der Waals surface area (Å²) in [5.74, 6) is -1.41. The van der Waals surface area contributed by atoms with E-state index in [9.17, 15) is 19.8 Å². The molecule has 0 aromatic heterocycles. The minimum absolute atomic E-state index is 0.0242. The summed E-state index contributed by atoms with van der Waals surface area (Å²) in [6.45, 7) is 5.27. The van der Waals surface area contributed by atoms with Gasteiger partial charge in [0.15, 0.2) is 5.70 Å². The Balaban J connectivity index is 2.19. The van der Waals surface area contributed by atoms with E-state index in [-0.39, 0.29) is 17.0 Å². The van der Waals surface area contributed by atoms with Gasteiger partial charge in [-0.1, -0.05) is 11.8 Å². The fourth-order valence-corrected chi connectivity index (χ4v) is 4.99. The Kier molecular flexibility index (Phi) is 4.12. The van der Waals surface area contributed by atoms with Crippen molar-refractivity contribution in [3.63, 3.8) is 0 Å². The van der Waals surface area contributed by atoms with Gasteiger partial charge in [0.2, 0.25) is 5.91 Å².